The van der Waals surface area contributed by atoms with Gasteiger partial charge in [-0.15, -0.1) is 0 Å². The molecule has 11 rings (SSSR count). The average Bonchev–Trinajstić information content (AvgIpc) is 3.72. The van der Waals surface area contributed by atoms with Crippen molar-refractivity contribution >= 4 is 66.7 Å². The quantitative estimate of drug-likeness (QED) is 0.161. The molecule has 1 aliphatic rings. The van der Waals surface area contributed by atoms with Gasteiger partial charge in [0.15, 0.2) is 0 Å². The molecule has 0 N–H and O–H groups in total. The first-order chi connectivity index (χ1) is 28.5. The average molecular weight is 744 g/mol. The Balaban J connectivity index is 1.23. The third-order valence-corrected chi connectivity index (χ3v) is 12.1. The van der Waals surface area contributed by atoms with Gasteiger partial charge in [0.2, 0.25) is 0 Å². The van der Waals surface area contributed by atoms with Crippen molar-refractivity contribution in [2.75, 3.05) is 9.80 Å². The van der Waals surface area contributed by atoms with E-state index in [-0.39, 0.29) is 5.41 Å². The van der Waals surface area contributed by atoms with Crippen molar-refractivity contribution in [2.24, 2.45) is 0 Å². The van der Waals surface area contributed by atoms with Crippen LogP contribution in [0.3, 0.4) is 0 Å². The Kier molecular flexibility index (Phi) is 7.84. The molecule has 10 aromatic rings. The van der Waals surface area contributed by atoms with E-state index in [1.807, 2.05) is 0 Å². The van der Waals surface area contributed by atoms with Crippen LogP contribution in [0.2, 0.25) is 0 Å². The predicted octanol–water partition coefficient (Wildman–Crippen LogP) is 15.2. The Bertz CT molecular complexity index is 3090. The van der Waals surface area contributed by atoms with E-state index in [9.17, 15) is 0 Å². The fraction of sp³-hybridized carbons (Fsp3) is 0.0545. The highest BCUT2D eigenvalue weighted by Crippen LogP contribution is 2.53. The Labute approximate surface area is 339 Å². The number of para-hydroxylation sites is 5. The van der Waals surface area contributed by atoms with Crippen LogP contribution in [0.25, 0.3) is 49.4 Å². The van der Waals surface area contributed by atoms with Crippen molar-refractivity contribution in [2.45, 2.75) is 19.3 Å². The van der Waals surface area contributed by atoms with Gasteiger partial charge < -0.3 is 14.4 Å². The van der Waals surface area contributed by atoms with Crippen molar-refractivity contribution in [3.63, 3.8) is 0 Å². The van der Waals surface area contributed by atoms with E-state index in [0.29, 0.717) is 0 Å². The summed E-state index contributed by atoms with van der Waals surface area (Å²) in [7, 11) is 0. The van der Waals surface area contributed by atoms with Crippen LogP contribution in [0.15, 0.2) is 212 Å². The standard InChI is InChI=1S/C55H41N3/c1-55(2)49-34-39-20-16-15-19-38(39)33-48(49)46-32-31-44(35-50(46)55)57(42-25-11-5-12-26-42)52-36-45(56(40-21-7-3-8-22-40)41-23-9-4-10-24-41)37-53-54(52)47-29-17-18-30-51(47)58(53)43-27-13-6-14-28-43/h3-37H,1-2H3. The summed E-state index contributed by atoms with van der Waals surface area (Å²) in [5, 5.41) is 4.96. The minimum absolute atomic E-state index is 0.189. The number of fused-ring (bicyclic) bond motifs is 7. The van der Waals surface area contributed by atoms with Crippen LogP contribution in [0, 0.1) is 0 Å². The zero-order valence-electron chi connectivity index (χ0n) is 32.5. The van der Waals surface area contributed by atoms with Crippen molar-refractivity contribution in [3.8, 4) is 16.8 Å². The summed E-state index contributed by atoms with van der Waals surface area (Å²) in [5.41, 5.74) is 15.2. The van der Waals surface area contributed by atoms with Crippen LogP contribution in [-0.2, 0) is 5.41 Å². The summed E-state index contributed by atoms with van der Waals surface area (Å²) in [4.78, 5) is 4.86. The van der Waals surface area contributed by atoms with Gasteiger partial charge in [-0.2, -0.15) is 0 Å². The fourth-order valence-electron chi connectivity index (χ4n) is 9.37. The normalized spacial score (nSPS) is 12.8. The molecule has 276 valence electrons. The Morgan fingerprint density at radius 2 is 0.914 bits per heavy atom. The third-order valence-electron chi connectivity index (χ3n) is 12.1. The van der Waals surface area contributed by atoms with Crippen molar-refractivity contribution in [1.82, 2.24) is 4.57 Å². The number of hydrogen-bond donors (Lipinski definition) is 0. The topological polar surface area (TPSA) is 11.4 Å². The molecule has 9 aromatic carbocycles. The smallest absolute Gasteiger partial charge is 0.0583 e. The van der Waals surface area contributed by atoms with E-state index in [0.717, 1.165) is 45.3 Å². The van der Waals surface area contributed by atoms with Crippen LogP contribution < -0.4 is 9.80 Å². The summed E-state index contributed by atoms with van der Waals surface area (Å²) < 4.78 is 2.43. The second kappa shape index (κ2) is 13.4. The second-order valence-corrected chi connectivity index (χ2v) is 15.8. The molecule has 0 amide bonds. The zero-order chi connectivity index (χ0) is 38.8. The number of anilines is 6. The minimum atomic E-state index is -0.189. The first-order valence-corrected chi connectivity index (χ1v) is 20.1. The highest BCUT2D eigenvalue weighted by molar-refractivity contribution is 6.18. The maximum Gasteiger partial charge on any atom is 0.0583 e. The fourth-order valence-corrected chi connectivity index (χ4v) is 9.37. The van der Waals surface area contributed by atoms with Gasteiger partial charge >= 0.3 is 0 Å². The lowest BCUT2D eigenvalue weighted by Gasteiger charge is -2.31. The highest BCUT2D eigenvalue weighted by atomic mass is 15.2. The lowest BCUT2D eigenvalue weighted by atomic mass is 9.81. The van der Waals surface area contributed by atoms with Crippen LogP contribution in [0.1, 0.15) is 25.0 Å². The number of benzene rings is 9. The summed E-state index contributed by atoms with van der Waals surface area (Å²) in [6.45, 7) is 4.76. The third kappa shape index (κ3) is 5.35. The molecule has 0 atom stereocenters. The minimum Gasteiger partial charge on any atom is -0.310 e. The maximum absolute atomic E-state index is 2.48. The van der Waals surface area contributed by atoms with Crippen LogP contribution in [-0.4, -0.2) is 4.57 Å². The molecule has 0 spiro atoms. The summed E-state index contributed by atoms with van der Waals surface area (Å²) in [6.07, 6.45) is 0. The molecule has 0 bridgehead atoms. The van der Waals surface area contributed by atoms with Crippen LogP contribution in [0.5, 0.6) is 0 Å². The molecule has 0 fully saturated rings. The molecule has 1 heterocycles. The van der Waals surface area contributed by atoms with Crippen LogP contribution in [0.4, 0.5) is 34.1 Å². The van der Waals surface area contributed by atoms with Crippen molar-refractivity contribution in [1.29, 1.82) is 0 Å². The first kappa shape index (κ1) is 33.9. The highest BCUT2D eigenvalue weighted by Gasteiger charge is 2.37. The molecule has 0 saturated carbocycles. The number of aromatic nitrogens is 1. The molecule has 3 heteroatoms. The van der Waals surface area contributed by atoms with Gasteiger partial charge in [0.05, 0.1) is 22.4 Å². The Morgan fingerprint density at radius 1 is 0.379 bits per heavy atom. The van der Waals surface area contributed by atoms with E-state index >= 15 is 0 Å². The van der Waals surface area contributed by atoms with E-state index < -0.39 is 0 Å². The van der Waals surface area contributed by atoms with Gasteiger partial charge in [-0.1, -0.05) is 135 Å². The lowest BCUT2D eigenvalue weighted by molar-refractivity contribution is 0.661. The molecule has 1 aromatic heterocycles. The number of nitrogens with zero attached hydrogens (tertiary/aromatic N) is 3. The summed E-state index contributed by atoms with van der Waals surface area (Å²) in [5.74, 6) is 0. The van der Waals surface area contributed by atoms with Gasteiger partial charge in [-0.25, -0.2) is 0 Å². The Hall–Kier alpha value is -7.36. The van der Waals surface area contributed by atoms with Crippen molar-refractivity contribution < 1.29 is 0 Å². The van der Waals surface area contributed by atoms with Gasteiger partial charge in [-0.3, -0.25) is 0 Å². The van der Waals surface area contributed by atoms with E-state index in [4.69, 9.17) is 0 Å². The molecule has 0 aliphatic heterocycles. The van der Waals surface area contributed by atoms with Crippen molar-refractivity contribution in [3.05, 3.63) is 223 Å². The largest absolute Gasteiger partial charge is 0.310 e. The van der Waals surface area contributed by atoms with Gasteiger partial charge in [0.25, 0.3) is 0 Å². The summed E-state index contributed by atoms with van der Waals surface area (Å²) >= 11 is 0. The molecular weight excluding hydrogens is 703 g/mol. The monoisotopic (exact) mass is 743 g/mol. The molecule has 3 nitrogen and oxygen atoms in total. The zero-order valence-corrected chi connectivity index (χ0v) is 32.5. The maximum atomic E-state index is 2.48. The molecule has 0 unspecified atom stereocenters. The predicted molar refractivity (Wildman–Crippen MR) is 245 cm³/mol. The van der Waals surface area contributed by atoms with E-state index in [2.05, 4.69) is 241 Å². The Morgan fingerprint density at radius 3 is 1.57 bits per heavy atom. The molecular formula is C55H41N3. The SMILES string of the molecule is CC1(C)c2cc(N(c3ccccc3)c3cc(N(c4ccccc4)c4ccccc4)cc4c3c3ccccc3n4-c3ccccc3)ccc2-c2cc3ccccc3cc21. The van der Waals surface area contributed by atoms with Crippen LogP contribution >= 0.6 is 0 Å². The van der Waals surface area contributed by atoms with Gasteiger partial charge in [0.1, 0.15) is 0 Å². The number of rotatable bonds is 7. The molecule has 0 saturated heterocycles. The molecule has 1 aliphatic carbocycles. The molecule has 0 radical (unpaired) electrons. The first-order valence-electron chi connectivity index (χ1n) is 20.1. The number of hydrogen-bond acceptors (Lipinski definition) is 2. The van der Waals surface area contributed by atoms with E-state index in [1.165, 1.54) is 49.3 Å². The van der Waals surface area contributed by atoms with Gasteiger partial charge in [0, 0.05) is 44.6 Å². The second-order valence-electron chi connectivity index (χ2n) is 15.8. The lowest BCUT2D eigenvalue weighted by Crippen LogP contribution is -2.17. The summed E-state index contributed by atoms with van der Waals surface area (Å²) in [6, 6.07) is 77.4. The van der Waals surface area contributed by atoms with Gasteiger partial charge in [-0.05, 0) is 124 Å². The molecule has 58 heavy (non-hydrogen) atoms. The van der Waals surface area contributed by atoms with E-state index in [1.54, 1.807) is 0 Å².